The van der Waals surface area contributed by atoms with Crippen LogP contribution < -0.4 is 5.32 Å². The van der Waals surface area contributed by atoms with Crippen molar-refractivity contribution >= 4 is 29.3 Å². The fourth-order valence-corrected chi connectivity index (χ4v) is 2.96. The molecule has 2 atom stereocenters. The first-order valence-electron chi connectivity index (χ1n) is 6.78. The van der Waals surface area contributed by atoms with Crippen LogP contribution in [0.15, 0.2) is 24.3 Å². The average molecular weight is 316 g/mol. The molecular formula is C15H22ClNO2S. The van der Waals surface area contributed by atoms with Gasteiger partial charge in [0.05, 0.1) is 11.4 Å². The molecule has 0 radical (unpaired) electrons. The van der Waals surface area contributed by atoms with Crippen molar-refractivity contribution in [3.8, 4) is 0 Å². The van der Waals surface area contributed by atoms with Gasteiger partial charge in [-0.2, -0.15) is 0 Å². The van der Waals surface area contributed by atoms with E-state index in [1.807, 2.05) is 20.8 Å². The van der Waals surface area contributed by atoms with Crippen LogP contribution in [0.4, 0.5) is 0 Å². The van der Waals surface area contributed by atoms with Gasteiger partial charge < -0.3 is 10.4 Å². The lowest BCUT2D eigenvalue weighted by molar-refractivity contribution is -0.121. The van der Waals surface area contributed by atoms with Gasteiger partial charge in [0.2, 0.25) is 5.91 Å². The van der Waals surface area contributed by atoms with Crippen molar-refractivity contribution in [2.45, 2.75) is 32.1 Å². The van der Waals surface area contributed by atoms with Gasteiger partial charge >= 0.3 is 0 Å². The monoisotopic (exact) mass is 315 g/mol. The number of carbonyl (C=O) groups is 1. The Morgan fingerprint density at radius 3 is 2.45 bits per heavy atom. The lowest BCUT2D eigenvalue weighted by Crippen LogP contribution is -2.38. The van der Waals surface area contributed by atoms with Gasteiger partial charge in [0.25, 0.3) is 0 Å². The molecule has 0 heterocycles. The van der Waals surface area contributed by atoms with Gasteiger partial charge in [-0.1, -0.05) is 44.5 Å². The second-order valence-corrected chi connectivity index (χ2v) is 6.79. The molecule has 0 aliphatic carbocycles. The molecule has 1 rings (SSSR count). The Bertz CT molecular complexity index is 422. The SMILES string of the molecule is CCSC(C(=O)NCC(O)c1ccc(Cl)cc1)C(C)C. The minimum Gasteiger partial charge on any atom is -0.387 e. The molecule has 1 amide bonds. The van der Waals surface area contributed by atoms with Crippen LogP contribution in [0, 0.1) is 5.92 Å². The van der Waals surface area contributed by atoms with E-state index in [9.17, 15) is 9.90 Å². The molecule has 0 aliphatic heterocycles. The lowest BCUT2D eigenvalue weighted by Gasteiger charge is -2.20. The largest absolute Gasteiger partial charge is 0.387 e. The van der Waals surface area contributed by atoms with Crippen molar-refractivity contribution in [1.82, 2.24) is 5.32 Å². The number of hydrogen-bond acceptors (Lipinski definition) is 3. The van der Waals surface area contributed by atoms with E-state index in [4.69, 9.17) is 11.6 Å². The minimum absolute atomic E-state index is 0.0140. The number of hydrogen-bond donors (Lipinski definition) is 2. The highest BCUT2D eigenvalue weighted by Gasteiger charge is 2.22. The number of halogens is 1. The summed E-state index contributed by atoms with van der Waals surface area (Å²) in [6.07, 6.45) is -0.712. The van der Waals surface area contributed by atoms with Crippen LogP contribution in [0.5, 0.6) is 0 Å². The summed E-state index contributed by atoms with van der Waals surface area (Å²) in [4.78, 5) is 12.1. The second kappa shape index (κ2) is 8.55. The number of aliphatic hydroxyl groups is 1. The number of carbonyl (C=O) groups excluding carboxylic acids is 1. The molecule has 5 heteroatoms. The van der Waals surface area contributed by atoms with E-state index in [0.29, 0.717) is 5.02 Å². The molecule has 1 aromatic rings. The van der Waals surface area contributed by atoms with Crippen LogP contribution >= 0.6 is 23.4 Å². The number of benzene rings is 1. The minimum atomic E-state index is -0.712. The maximum atomic E-state index is 12.1. The van der Waals surface area contributed by atoms with Crippen molar-refractivity contribution < 1.29 is 9.90 Å². The van der Waals surface area contributed by atoms with E-state index in [-0.39, 0.29) is 23.6 Å². The van der Waals surface area contributed by atoms with Crippen molar-refractivity contribution in [2.75, 3.05) is 12.3 Å². The van der Waals surface area contributed by atoms with Crippen molar-refractivity contribution in [3.05, 3.63) is 34.9 Å². The summed E-state index contributed by atoms with van der Waals surface area (Å²) in [5, 5.41) is 13.4. The molecule has 2 unspecified atom stereocenters. The van der Waals surface area contributed by atoms with Crippen molar-refractivity contribution in [3.63, 3.8) is 0 Å². The number of rotatable bonds is 7. The topological polar surface area (TPSA) is 49.3 Å². The zero-order chi connectivity index (χ0) is 15.1. The smallest absolute Gasteiger partial charge is 0.233 e. The highest BCUT2D eigenvalue weighted by Crippen LogP contribution is 2.20. The Morgan fingerprint density at radius 2 is 1.95 bits per heavy atom. The molecule has 0 bridgehead atoms. The molecule has 1 aromatic carbocycles. The standard InChI is InChI=1S/C15H22ClNO2S/c1-4-20-14(10(2)3)15(19)17-9-13(18)11-5-7-12(16)8-6-11/h5-8,10,13-14,18H,4,9H2,1-3H3,(H,17,19). The normalized spacial score (nSPS) is 14.1. The van der Waals surface area contributed by atoms with Gasteiger partial charge in [0, 0.05) is 11.6 Å². The van der Waals surface area contributed by atoms with E-state index >= 15 is 0 Å². The van der Waals surface area contributed by atoms with E-state index in [0.717, 1.165) is 11.3 Å². The lowest BCUT2D eigenvalue weighted by atomic mass is 10.1. The molecule has 0 spiro atoms. The van der Waals surface area contributed by atoms with Crippen LogP contribution in [0.1, 0.15) is 32.4 Å². The fourth-order valence-electron chi connectivity index (χ4n) is 1.85. The fraction of sp³-hybridized carbons (Fsp3) is 0.533. The molecule has 112 valence electrons. The van der Waals surface area contributed by atoms with E-state index < -0.39 is 6.10 Å². The van der Waals surface area contributed by atoms with Gasteiger partial charge in [-0.3, -0.25) is 4.79 Å². The van der Waals surface area contributed by atoms with Crippen molar-refractivity contribution in [2.24, 2.45) is 5.92 Å². The molecular weight excluding hydrogens is 294 g/mol. The Balaban J connectivity index is 2.52. The van der Waals surface area contributed by atoms with Crippen LogP contribution in [-0.2, 0) is 4.79 Å². The van der Waals surface area contributed by atoms with E-state index in [2.05, 4.69) is 5.32 Å². The third-order valence-corrected chi connectivity index (χ3v) is 4.64. The highest BCUT2D eigenvalue weighted by atomic mass is 35.5. The van der Waals surface area contributed by atoms with Gasteiger partial charge in [0.1, 0.15) is 0 Å². The summed E-state index contributed by atoms with van der Waals surface area (Å²) in [5.74, 6) is 1.16. The second-order valence-electron chi connectivity index (χ2n) is 4.93. The zero-order valence-electron chi connectivity index (χ0n) is 12.1. The zero-order valence-corrected chi connectivity index (χ0v) is 13.7. The maximum Gasteiger partial charge on any atom is 0.233 e. The van der Waals surface area contributed by atoms with E-state index in [1.165, 1.54) is 0 Å². The summed E-state index contributed by atoms with van der Waals surface area (Å²) >= 11 is 7.43. The van der Waals surface area contributed by atoms with Crippen LogP contribution in [0.25, 0.3) is 0 Å². The summed E-state index contributed by atoms with van der Waals surface area (Å²) in [5.41, 5.74) is 0.749. The number of thioether (sulfide) groups is 1. The van der Waals surface area contributed by atoms with Crippen LogP contribution in [0.3, 0.4) is 0 Å². The third-order valence-electron chi connectivity index (χ3n) is 2.93. The van der Waals surface area contributed by atoms with Gasteiger partial charge in [-0.25, -0.2) is 0 Å². The van der Waals surface area contributed by atoms with Gasteiger partial charge in [-0.05, 0) is 29.4 Å². The van der Waals surface area contributed by atoms with Crippen LogP contribution in [0.2, 0.25) is 5.02 Å². The molecule has 0 fully saturated rings. The summed E-state index contributed by atoms with van der Waals surface area (Å²) in [6, 6.07) is 6.98. The molecule has 0 aromatic heterocycles. The molecule has 2 N–H and O–H groups in total. The molecule has 3 nitrogen and oxygen atoms in total. The Hall–Kier alpha value is -0.710. The number of amides is 1. The van der Waals surface area contributed by atoms with Crippen molar-refractivity contribution in [1.29, 1.82) is 0 Å². The van der Waals surface area contributed by atoms with Gasteiger partial charge in [0.15, 0.2) is 0 Å². The first-order chi connectivity index (χ1) is 9.45. The Morgan fingerprint density at radius 1 is 1.35 bits per heavy atom. The quantitative estimate of drug-likeness (QED) is 0.812. The summed E-state index contributed by atoms with van der Waals surface area (Å²) < 4.78 is 0. The summed E-state index contributed by atoms with van der Waals surface area (Å²) in [6.45, 7) is 6.31. The third kappa shape index (κ3) is 5.35. The Labute approximate surface area is 130 Å². The number of aliphatic hydroxyl groups excluding tert-OH is 1. The average Bonchev–Trinajstić information content (AvgIpc) is 2.42. The van der Waals surface area contributed by atoms with E-state index in [1.54, 1.807) is 36.0 Å². The van der Waals surface area contributed by atoms with Gasteiger partial charge in [-0.15, -0.1) is 11.8 Å². The first-order valence-corrected chi connectivity index (χ1v) is 8.21. The number of nitrogens with one attached hydrogen (secondary N) is 1. The molecule has 0 aliphatic rings. The molecule has 0 saturated heterocycles. The highest BCUT2D eigenvalue weighted by molar-refractivity contribution is 8.00. The molecule has 0 saturated carbocycles. The molecule has 20 heavy (non-hydrogen) atoms. The van der Waals surface area contributed by atoms with Crippen LogP contribution in [-0.4, -0.2) is 28.6 Å². The predicted octanol–water partition coefficient (Wildman–Crippen LogP) is 3.27. The Kier molecular flexibility index (Phi) is 7.41. The maximum absolute atomic E-state index is 12.1. The first kappa shape index (κ1) is 17.3. The predicted molar refractivity (Wildman–Crippen MR) is 86.2 cm³/mol. The summed E-state index contributed by atoms with van der Waals surface area (Å²) in [7, 11) is 0.